The summed E-state index contributed by atoms with van der Waals surface area (Å²) in [4.78, 5) is 34.8. The second kappa shape index (κ2) is 9.81. The summed E-state index contributed by atoms with van der Waals surface area (Å²) >= 11 is 0. The molecule has 0 atom stereocenters. The molecular weight excluding hydrogens is 318 g/mol. The number of carbonyl (C=O) groups is 3. The lowest BCUT2D eigenvalue weighted by atomic mass is 9.87. The molecule has 0 unspecified atom stereocenters. The number of rotatable bonds is 7. The summed E-state index contributed by atoms with van der Waals surface area (Å²) in [5, 5.41) is 8.25. The Morgan fingerprint density at radius 1 is 0.960 bits per heavy atom. The molecule has 0 heterocycles. The Labute approximate surface area is 148 Å². The number of amides is 3. The van der Waals surface area contributed by atoms with E-state index < -0.39 is 0 Å². The number of carbonyl (C=O) groups excluding carboxylic acids is 3. The number of anilines is 1. The van der Waals surface area contributed by atoms with Crippen molar-refractivity contribution in [1.29, 1.82) is 0 Å². The van der Waals surface area contributed by atoms with Crippen molar-refractivity contribution in [3.8, 4) is 0 Å². The first-order valence-electron chi connectivity index (χ1n) is 8.97. The van der Waals surface area contributed by atoms with E-state index in [1.54, 1.807) is 24.3 Å². The van der Waals surface area contributed by atoms with Crippen LogP contribution in [0.5, 0.6) is 0 Å². The van der Waals surface area contributed by atoms with Crippen molar-refractivity contribution >= 4 is 23.4 Å². The SMILES string of the molecule is CC(=O)NCCNC(=O)c1ccc(NC(=O)CC2CCCCC2)cc1. The van der Waals surface area contributed by atoms with Crippen LogP contribution in [-0.2, 0) is 9.59 Å². The van der Waals surface area contributed by atoms with Gasteiger partial charge in [-0.3, -0.25) is 14.4 Å². The highest BCUT2D eigenvalue weighted by Gasteiger charge is 2.17. The van der Waals surface area contributed by atoms with Crippen molar-refractivity contribution in [1.82, 2.24) is 10.6 Å². The Morgan fingerprint density at radius 3 is 2.24 bits per heavy atom. The van der Waals surface area contributed by atoms with Crippen molar-refractivity contribution < 1.29 is 14.4 Å². The fourth-order valence-corrected chi connectivity index (χ4v) is 3.09. The summed E-state index contributed by atoms with van der Waals surface area (Å²) in [7, 11) is 0. The van der Waals surface area contributed by atoms with E-state index in [2.05, 4.69) is 16.0 Å². The summed E-state index contributed by atoms with van der Waals surface area (Å²) < 4.78 is 0. The lowest BCUT2D eigenvalue weighted by Crippen LogP contribution is -2.33. The molecule has 1 aliphatic carbocycles. The first-order chi connectivity index (χ1) is 12.0. The van der Waals surface area contributed by atoms with E-state index >= 15 is 0 Å². The molecule has 0 radical (unpaired) electrons. The van der Waals surface area contributed by atoms with Crippen molar-refractivity contribution in [3.63, 3.8) is 0 Å². The third kappa shape index (κ3) is 6.95. The standard InChI is InChI=1S/C19H27N3O3/c1-14(23)20-11-12-21-19(25)16-7-9-17(10-8-16)22-18(24)13-15-5-3-2-4-6-15/h7-10,15H,2-6,11-13H2,1H3,(H,20,23)(H,21,25)(H,22,24). The molecule has 0 aromatic heterocycles. The van der Waals surface area contributed by atoms with E-state index in [0.717, 1.165) is 12.8 Å². The van der Waals surface area contributed by atoms with E-state index in [9.17, 15) is 14.4 Å². The molecule has 3 N–H and O–H groups in total. The monoisotopic (exact) mass is 345 g/mol. The minimum Gasteiger partial charge on any atom is -0.355 e. The molecule has 6 heteroatoms. The Balaban J connectivity index is 1.75. The summed E-state index contributed by atoms with van der Waals surface area (Å²) in [6.45, 7) is 2.21. The van der Waals surface area contributed by atoms with Crippen LogP contribution in [0, 0.1) is 5.92 Å². The Kier molecular flexibility index (Phi) is 7.44. The molecule has 1 fully saturated rings. The molecule has 25 heavy (non-hydrogen) atoms. The second-order valence-electron chi connectivity index (χ2n) is 6.57. The lowest BCUT2D eigenvalue weighted by Gasteiger charge is -2.20. The van der Waals surface area contributed by atoms with Crippen LogP contribution in [0.15, 0.2) is 24.3 Å². The molecule has 0 bridgehead atoms. The van der Waals surface area contributed by atoms with Gasteiger partial charge in [0.05, 0.1) is 0 Å². The normalized spacial score (nSPS) is 14.6. The molecule has 136 valence electrons. The fourth-order valence-electron chi connectivity index (χ4n) is 3.09. The van der Waals surface area contributed by atoms with Crippen LogP contribution in [-0.4, -0.2) is 30.8 Å². The van der Waals surface area contributed by atoms with Crippen molar-refractivity contribution in [2.24, 2.45) is 5.92 Å². The molecule has 1 aliphatic rings. The zero-order valence-electron chi connectivity index (χ0n) is 14.8. The van der Waals surface area contributed by atoms with Gasteiger partial charge < -0.3 is 16.0 Å². The van der Waals surface area contributed by atoms with Gasteiger partial charge in [0, 0.05) is 37.7 Å². The van der Waals surface area contributed by atoms with E-state index in [0.29, 0.717) is 36.7 Å². The Bertz CT molecular complexity index is 592. The predicted octanol–water partition coefficient (Wildman–Crippen LogP) is 2.46. The number of hydrogen-bond acceptors (Lipinski definition) is 3. The van der Waals surface area contributed by atoms with Gasteiger partial charge in [0.1, 0.15) is 0 Å². The van der Waals surface area contributed by atoms with Gasteiger partial charge in [-0.05, 0) is 43.0 Å². The molecule has 0 aliphatic heterocycles. The highest BCUT2D eigenvalue weighted by atomic mass is 16.2. The summed E-state index contributed by atoms with van der Waals surface area (Å²) in [6, 6.07) is 6.84. The predicted molar refractivity (Wildman–Crippen MR) is 97.3 cm³/mol. The minimum atomic E-state index is -0.203. The van der Waals surface area contributed by atoms with Gasteiger partial charge in [-0.1, -0.05) is 19.3 Å². The van der Waals surface area contributed by atoms with Crippen molar-refractivity contribution in [2.75, 3.05) is 18.4 Å². The first-order valence-corrected chi connectivity index (χ1v) is 8.97. The van der Waals surface area contributed by atoms with Gasteiger partial charge in [-0.15, -0.1) is 0 Å². The maximum absolute atomic E-state index is 12.1. The molecular formula is C19H27N3O3. The van der Waals surface area contributed by atoms with E-state index in [1.807, 2.05) is 0 Å². The second-order valence-corrected chi connectivity index (χ2v) is 6.57. The zero-order valence-corrected chi connectivity index (χ0v) is 14.8. The van der Waals surface area contributed by atoms with Crippen LogP contribution >= 0.6 is 0 Å². The van der Waals surface area contributed by atoms with Crippen LogP contribution in [0.4, 0.5) is 5.69 Å². The largest absolute Gasteiger partial charge is 0.355 e. The highest BCUT2D eigenvalue weighted by molar-refractivity contribution is 5.95. The maximum Gasteiger partial charge on any atom is 0.251 e. The highest BCUT2D eigenvalue weighted by Crippen LogP contribution is 2.26. The summed E-state index contributed by atoms with van der Waals surface area (Å²) in [6.07, 6.45) is 6.60. The Hall–Kier alpha value is -2.37. The quantitative estimate of drug-likeness (QED) is 0.663. The fraction of sp³-hybridized carbons (Fsp3) is 0.526. The van der Waals surface area contributed by atoms with Crippen LogP contribution in [0.3, 0.4) is 0 Å². The van der Waals surface area contributed by atoms with Crippen LogP contribution in [0.1, 0.15) is 55.8 Å². The molecule has 3 amide bonds. The average molecular weight is 345 g/mol. The number of nitrogens with one attached hydrogen (secondary N) is 3. The van der Waals surface area contributed by atoms with E-state index in [1.165, 1.54) is 26.2 Å². The number of hydrogen-bond donors (Lipinski definition) is 3. The average Bonchev–Trinajstić information content (AvgIpc) is 2.60. The Morgan fingerprint density at radius 2 is 1.60 bits per heavy atom. The molecule has 1 aromatic rings. The third-order valence-electron chi connectivity index (χ3n) is 4.41. The van der Waals surface area contributed by atoms with E-state index in [-0.39, 0.29) is 17.7 Å². The molecule has 0 spiro atoms. The van der Waals surface area contributed by atoms with Crippen LogP contribution in [0.25, 0.3) is 0 Å². The molecule has 1 saturated carbocycles. The van der Waals surface area contributed by atoms with Gasteiger partial charge >= 0.3 is 0 Å². The minimum absolute atomic E-state index is 0.0411. The summed E-state index contributed by atoms with van der Waals surface area (Å²) in [5.74, 6) is 0.217. The molecule has 6 nitrogen and oxygen atoms in total. The van der Waals surface area contributed by atoms with Gasteiger partial charge in [0.2, 0.25) is 11.8 Å². The molecule has 0 saturated heterocycles. The molecule has 2 rings (SSSR count). The van der Waals surface area contributed by atoms with Crippen LogP contribution < -0.4 is 16.0 Å². The third-order valence-corrected chi connectivity index (χ3v) is 4.41. The first kappa shape index (κ1) is 19.0. The number of benzene rings is 1. The van der Waals surface area contributed by atoms with Crippen molar-refractivity contribution in [2.45, 2.75) is 45.4 Å². The van der Waals surface area contributed by atoms with Gasteiger partial charge in [-0.2, -0.15) is 0 Å². The van der Waals surface area contributed by atoms with Gasteiger partial charge in [0.25, 0.3) is 5.91 Å². The van der Waals surface area contributed by atoms with Gasteiger partial charge in [-0.25, -0.2) is 0 Å². The topological polar surface area (TPSA) is 87.3 Å². The van der Waals surface area contributed by atoms with Gasteiger partial charge in [0.15, 0.2) is 0 Å². The molecule has 1 aromatic carbocycles. The summed E-state index contributed by atoms with van der Waals surface area (Å²) in [5.41, 5.74) is 1.23. The zero-order chi connectivity index (χ0) is 18.1. The lowest BCUT2D eigenvalue weighted by molar-refractivity contribution is -0.119. The van der Waals surface area contributed by atoms with Crippen LogP contribution in [0.2, 0.25) is 0 Å². The van der Waals surface area contributed by atoms with E-state index in [4.69, 9.17) is 0 Å². The van der Waals surface area contributed by atoms with Crippen molar-refractivity contribution in [3.05, 3.63) is 29.8 Å². The smallest absolute Gasteiger partial charge is 0.251 e. The maximum atomic E-state index is 12.1.